The normalized spacial score (nSPS) is 13.9. The Balaban J connectivity index is 4.22. The predicted octanol–water partition coefficient (Wildman–Crippen LogP) is 12.0. The van der Waals surface area contributed by atoms with E-state index in [-0.39, 0.29) is 19.4 Å². The maximum atomic E-state index is 12.6. The molecule has 0 heterocycles. The van der Waals surface area contributed by atoms with Crippen molar-refractivity contribution in [2.45, 2.75) is 232 Å². The third kappa shape index (κ3) is 40.7. The van der Waals surface area contributed by atoms with E-state index in [4.69, 9.17) is 23.6 Å². The van der Waals surface area contributed by atoms with Gasteiger partial charge >= 0.3 is 19.8 Å². The fourth-order valence-electron chi connectivity index (χ4n) is 6.40. The Kier molecular flexibility index (Phi) is 39.9. The molecule has 0 aromatic carbocycles. The fourth-order valence-corrected chi connectivity index (χ4v) is 7.19. The number of esters is 2. The molecule has 55 heavy (non-hydrogen) atoms. The van der Waals surface area contributed by atoms with Crippen LogP contribution in [0.25, 0.3) is 0 Å². The van der Waals surface area contributed by atoms with Crippen LogP contribution in [0.3, 0.4) is 0 Å². The molecule has 0 spiro atoms. The number of aliphatic hydroxyl groups is 2. The Labute approximate surface area is 336 Å². The van der Waals surface area contributed by atoms with Crippen LogP contribution in [0.1, 0.15) is 219 Å². The number of carbonyl (C=O) groups excluding carboxylic acids is 2. The monoisotopic (exact) mass is 805 g/mol. The van der Waals surface area contributed by atoms with Gasteiger partial charge < -0.3 is 24.6 Å². The summed E-state index contributed by atoms with van der Waals surface area (Å²) in [6.45, 7) is 2.40. The van der Waals surface area contributed by atoms with Gasteiger partial charge in [-0.3, -0.25) is 18.6 Å². The summed E-state index contributed by atoms with van der Waals surface area (Å²) < 4.78 is 32.7. The fraction of sp³-hybridized carbons (Fsp3) is 0.909. The van der Waals surface area contributed by atoms with E-state index < -0.39 is 51.8 Å². The highest BCUT2D eigenvalue weighted by molar-refractivity contribution is 7.47. The Morgan fingerprint density at radius 2 is 0.891 bits per heavy atom. The van der Waals surface area contributed by atoms with Gasteiger partial charge in [-0.1, -0.05) is 180 Å². The number of hydrogen-bond acceptors (Lipinski definition) is 9. The molecule has 0 radical (unpaired) electrons. The first kappa shape index (κ1) is 53.7. The Bertz CT molecular complexity index is 930. The smallest absolute Gasteiger partial charge is 0.462 e. The molecule has 0 aliphatic heterocycles. The van der Waals surface area contributed by atoms with Crippen LogP contribution in [0, 0.1) is 0 Å². The maximum absolute atomic E-state index is 12.6. The molecule has 0 aromatic heterocycles. The quantitative estimate of drug-likeness (QED) is 0.0235. The van der Waals surface area contributed by atoms with E-state index >= 15 is 0 Å². The molecule has 11 heteroatoms. The summed E-state index contributed by atoms with van der Waals surface area (Å²) in [5.41, 5.74) is 0. The molecule has 0 amide bonds. The van der Waals surface area contributed by atoms with Gasteiger partial charge in [0, 0.05) is 12.8 Å². The van der Waals surface area contributed by atoms with Crippen LogP contribution in [-0.4, -0.2) is 65.7 Å². The Hall–Kier alpha value is -1.29. The van der Waals surface area contributed by atoms with Gasteiger partial charge in [0.05, 0.1) is 19.8 Å². The molecule has 1 unspecified atom stereocenters. The number of carbonyl (C=O) groups is 2. The summed E-state index contributed by atoms with van der Waals surface area (Å²) in [5, 5.41) is 18.3. The number of aliphatic hydroxyl groups excluding tert-OH is 2. The van der Waals surface area contributed by atoms with Crippen LogP contribution in [0.4, 0.5) is 0 Å². The molecule has 0 aromatic rings. The summed E-state index contributed by atoms with van der Waals surface area (Å²) in [4.78, 5) is 35.0. The molecular formula is C44H85O10P. The first-order chi connectivity index (χ1) is 26.7. The van der Waals surface area contributed by atoms with Crippen molar-refractivity contribution in [1.29, 1.82) is 0 Å². The van der Waals surface area contributed by atoms with Gasteiger partial charge in [-0.15, -0.1) is 0 Å². The minimum absolute atomic E-state index is 0.186. The minimum atomic E-state index is -4.61. The van der Waals surface area contributed by atoms with Crippen LogP contribution in [-0.2, 0) is 32.7 Å². The molecule has 0 aliphatic carbocycles. The van der Waals surface area contributed by atoms with Gasteiger partial charge in [-0.05, 0) is 38.5 Å². The highest BCUT2D eigenvalue weighted by atomic mass is 31.2. The number of phosphoric acid groups is 1. The molecule has 326 valence electrons. The van der Waals surface area contributed by atoms with E-state index in [1.54, 1.807) is 0 Å². The summed E-state index contributed by atoms with van der Waals surface area (Å²) in [6, 6.07) is 0. The lowest BCUT2D eigenvalue weighted by molar-refractivity contribution is -0.161. The molecule has 3 N–H and O–H groups in total. The van der Waals surface area contributed by atoms with Gasteiger partial charge in [0.1, 0.15) is 12.7 Å². The van der Waals surface area contributed by atoms with Crippen molar-refractivity contribution in [1.82, 2.24) is 0 Å². The lowest BCUT2D eigenvalue weighted by atomic mass is 10.0. The van der Waals surface area contributed by atoms with E-state index in [1.807, 2.05) is 0 Å². The van der Waals surface area contributed by atoms with Crippen molar-refractivity contribution in [2.75, 3.05) is 26.4 Å². The zero-order chi connectivity index (χ0) is 40.5. The lowest BCUT2D eigenvalue weighted by Crippen LogP contribution is -2.29. The van der Waals surface area contributed by atoms with Gasteiger partial charge in [0.25, 0.3) is 0 Å². The number of hydrogen-bond donors (Lipinski definition) is 3. The van der Waals surface area contributed by atoms with Gasteiger partial charge in [-0.2, -0.15) is 0 Å². The number of ether oxygens (including phenoxy) is 2. The van der Waals surface area contributed by atoms with Gasteiger partial charge in [-0.25, -0.2) is 4.57 Å². The van der Waals surface area contributed by atoms with E-state index in [2.05, 4.69) is 26.0 Å². The third-order valence-corrected chi connectivity index (χ3v) is 10.9. The predicted molar refractivity (Wildman–Crippen MR) is 224 cm³/mol. The van der Waals surface area contributed by atoms with Crippen LogP contribution in [0.15, 0.2) is 12.2 Å². The van der Waals surface area contributed by atoms with Crippen LogP contribution in [0.5, 0.6) is 0 Å². The number of allylic oxidation sites excluding steroid dienone is 2. The molecule has 0 aliphatic rings. The van der Waals surface area contributed by atoms with E-state index in [1.165, 1.54) is 141 Å². The topological polar surface area (TPSA) is 149 Å². The second-order valence-electron chi connectivity index (χ2n) is 15.4. The zero-order valence-corrected chi connectivity index (χ0v) is 36.3. The largest absolute Gasteiger partial charge is 0.472 e. The summed E-state index contributed by atoms with van der Waals surface area (Å²) in [7, 11) is -4.61. The summed E-state index contributed by atoms with van der Waals surface area (Å²) >= 11 is 0. The molecule has 10 nitrogen and oxygen atoms in total. The highest BCUT2D eigenvalue weighted by Gasteiger charge is 2.27. The van der Waals surface area contributed by atoms with Crippen molar-refractivity contribution < 1.29 is 47.8 Å². The van der Waals surface area contributed by atoms with Crippen molar-refractivity contribution >= 4 is 19.8 Å². The van der Waals surface area contributed by atoms with Crippen LogP contribution >= 0.6 is 7.82 Å². The minimum Gasteiger partial charge on any atom is -0.462 e. The molecule has 0 fully saturated rings. The highest BCUT2D eigenvalue weighted by Crippen LogP contribution is 2.43. The van der Waals surface area contributed by atoms with Crippen molar-refractivity contribution in [3.05, 3.63) is 12.2 Å². The molecule has 0 saturated carbocycles. The number of unbranched alkanes of at least 4 members (excludes halogenated alkanes) is 27. The Morgan fingerprint density at radius 3 is 1.31 bits per heavy atom. The second kappa shape index (κ2) is 40.9. The second-order valence-corrected chi connectivity index (χ2v) is 16.9. The first-order valence-electron chi connectivity index (χ1n) is 22.6. The SMILES string of the molecule is CCCCCCCC/C=C/CCCCCCCCCCCC(=O)O[C@H](COC(=O)CCCCCCCCCCCCCCC)COP(=O)(O)OC[C@@H](O)CO. The van der Waals surface area contributed by atoms with E-state index in [0.717, 1.165) is 38.5 Å². The van der Waals surface area contributed by atoms with E-state index in [0.29, 0.717) is 12.8 Å². The van der Waals surface area contributed by atoms with Crippen LogP contribution in [0.2, 0.25) is 0 Å². The van der Waals surface area contributed by atoms with Crippen molar-refractivity contribution in [2.24, 2.45) is 0 Å². The molecule has 0 bridgehead atoms. The summed E-state index contributed by atoms with van der Waals surface area (Å²) in [6.07, 6.45) is 38.9. The average molecular weight is 805 g/mol. The number of rotatable bonds is 43. The van der Waals surface area contributed by atoms with E-state index in [9.17, 15) is 24.2 Å². The van der Waals surface area contributed by atoms with Crippen molar-refractivity contribution in [3.8, 4) is 0 Å². The maximum Gasteiger partial charge on any atom is 0.472 e. The lowest BCUT2D eigenvalue weighted by Gasteiger charge is -2.20. The average Bonchev–Trinajstić information content (AvgIpc) is 3.17. The third-order valence-electron chi connectivity index (χ3n) is 9.92. The first-order valence-corrected chi connectivity index (χ1v) is 24.1. The molecular weight excluding hydrogens is 719 g/mol. The molecule has 3 atom stereocenters. The van der Waals surface area contributed by atoms with Gasteiger partial charge in [0.2, 0.25) is 0 Å². The van der Waals surface area contributed by atoms with Gasteiger partial charge in [0.15, 0.2) is 6.10 Å². The standard InChI is InChI=1S/C44H85O10P/c1-3-5-7-9-11-13-15-17-18-19-20-21-22-24-26-28-30-32-34-36-44(48)54-42(40-53-55(49,50)52-38-41(46)37-45)39-51-43(47)35-33-31-29-27-25-23-16-14-12-10-8-6-4-2/h17-18,41-42,45-46H,3-16,19-40H2,1-2H3,(H,49,50)/b18-17+/t41-,42+/m0/s1. The zero-order valence-electron chi connectivity index (χ0n) is 35.4. The van der Waals surface area contributed by atoms with Crippen molar-refractivity contribution in [3.63, 3.8) is 0 Å². The molecule has 0 saturated heterocycles. The summed E-state index contributed by atoms with van der Waals surface area (Å²) in [5.74, 6) is -0.916. The van der Waals surface area contributed by atoms with Crippen LogP contribution < -0.4 is 0 Å². The Morgan fingerprint density at radius 1 is 0.527 bits per heavy atom. The number of phosphoric ester groups is 1. The molecule has 0 rings (SSSR count).